The van der Waals surface area contributed by atoms with Gasteiger partial charge in [0.25, 0.3) is 5.91 Å². The highest BCUT2D eigenvalue weighted by atomic mass is 32.3. The van der Waals surface area contributed by atoms with Crippen molar-refractivity contribution in [3.05, 3.63) is 52.4 Å². The van der Waals surface area contributed by atoms with Crippen molar-refractivity contribution in [3.8, 4) is 17.2 Å². The van der Waals surface area contributed by atoms with E-state index in [1.54, 1.807) is 43.5 Å². The van der Waals surface area contributed by atoms with Crippen LogP contribution in [0.1, 0.15) is 21.5 Å². The van der Waals surface area contributed by atoms with Crippen LogP contribution in [0.5, 0.6) is 17.2 Å². The van der Waals surface area contributed by atoms with Crippen molar-refractivity contribution >= 4 is 22.6 Å². The summed E-state index contributed by atoms with van der Waals surface area (Å²) in [5.74, 6) is 1.29. The lowest BCUT2D eigenvalue weighted by Gasteiger charge is -2.25. The van der Waals surface area contributed by atoms with Crippen LogP contribution in [0.2, 0.25) is 0 Å². The van der Waals surface area contributed by atoms with Gasteiger partial charge in [-0.1, -0.05) is 6.07 Å². The van der Waals surface area contributed by atoms with Gasteiger partial charge in [0.2, 0.25) is 0 Å². The Kier molecular flexibility index (Phi) is 5.31. The second-order valence-corrected chi connectivity index (χ2v) is 7.70. The molecule has 27 heavy (non-hydrogen) atoms. The first-order chi connectivity index (χ1) is 12.9. The predicted molar refractivity (Wildman–Crippen MR) is 104 cm³/mol. The smallest absolute Gasteiger partial charge is 0.252 e. The highest BCUT2D eigenvalue weighted by Crippen LogP contribution is 2.56. The third-order valence-electron chi connectivity index (χ3n) is 4.30. The number of hydrogen-bond acceptors (Lipinski definition) is 6. The number of carbonyl (C=O) groups is 1. The van der Waals surface area contributed by atoms with E-state index in [4.69, 9.17) is 14.2 Å². The van der Waals surface area contributed by atoms with Crippen molar-refractivity contribution in [2.45, 2.75) is 11.4 Å². The topological polar surface area (TPSA) is 97.3 Å². The number of benzene rings is 2. The molecule has 0 bridgehead atoms. The Morgan fingerprint density at radius 3 is 2.33 bits per heavy atom. The van der Waals surface area contributed by atoms with E-state index in [2.05, 4.69) is 5.32 Å². The van der Waals surface area contributed by atoms with Crippen LogP contribution in [0, 0.1) is 0 Å². The number of ether oxygens (including phenoxy) is 3. The average molecular weight is 391 g/mol. The van der Waals surface area contributed by atoms with Crippen LogP contribution in [0.15, 0.2) is 40.6 Å². The largest absolute Gasteiger partial charge is 0.496 e. The number of methoxy groups -OCH3 is 3. The fraction of sp³-hybridized carbons (Fsp3) is 0.211. The summed E-state index contributed by atoms with van der Waals surface area (Å²) in [5, 5.41) is 4.15. The number of fused-ring (bicyclic) bond motifs is 1. The molecule has 0 saturated heterocycles. The maximum absolute atomic E-state index is 12.7. The van der Waals surface area contributed by atoms with E-state index >= 15 is 0 Å². The summed E-state index contributed by atoms with van der Waals surface area (Å²) in [7, 11) is 1.63. The number of hydrogen-bond donors (Lipinski definition) is 3. The lowest BCUT2D eigenvalue weighted by atomic mass is 10.1. The first-order valence-corrected chi connectivity index (χ1v) is 9.68. The minimum atomic E-state index is -2.97. The molecular weight excluding hydrogens is 370 g/mol. The first kappa shape index (κ1) is 19.1. The third kappa shape index (κ3) is 3.59. The minimum Gasteiger partial charge on any atom is -0.496 e. The van der Waals surface area contributed by atoms with Gasteiger partial charge in [-0.15, -0.1) is 10.6 Å². The maximum Gasteiger partial charge on any atom is 0.252 e. The second-order valence-electron chi connectivity index (χ2n) is 5.81. The number of amides is 1. The van der Waals surface area contributed by atoms with Crippen molar-refractivity contribution in [3.63, 3.8) is 0 Å². The van der Waals surface area contributed by atoms with E-state index in [9.17, 15) is 13.9 Å². The zero-order chi connectivity index (χ0) is 19.6. The Bertz CT molecular complexity index is 884. The van der Waals surface area contributed by atoms with Gasteiger partial charge in [0.15, 0.2) is 0 Å². The van der Waals surface area contributed by atoms with Gasteiger partial charge >= 0.3 is 0 Å². The molecule has 144 valence electrons. The summed E-state index contributed by atoms with van der Waals surface area (Å²) in [4.78, 5) is 13.1. The van der Waals surface area contributed by atoms with Crippen LogP contribution in [0.3, 0.4) is 0 Å². The Morgan fingerprint density at radius 2 is 1.74 bits per heavy atom. The normalized spacial score (nSPS) is 15.0. The average Bonchev–Trinajstić information content (AvgIpc) is 3.00. The van der Waals surface area contributed by atoms with E-state index in [-0.39, 0.29) is 12.5 Å². The summed E-state index contributed by atoms with van der Waals surface area (Å²) in [6, 6.07) is 8.30. The molecule has 7 nitrogen and oxygen atoms in total. The zero-order valence-corrected chi connectivity index (χ0v) is 16.0. The van der Waals surface area contributed by atoms with Crippen LogP contribution in [-0.4, -0.2) is 36.3 Å². The SMILES string of the molecule is COc1cc(OC)c(CNC(=O)c2cccc3c2C=CS3(O)O)c(OC)c1. The van der Waals surface area contributed by atoms with Crippen molar-refractivity contribution in [2.24, 2.45) is 0 Å². The lowest BCUT2D eigenvalue weighted by Crippen LogP contribution is -2.24. The zero-order valence-electron chi connectivity index (χ0n) is 15.2. The molecule has 0 unspecified atom stereocenters. The van der Waals surface area contributed by atoms with E-state index < -0.39 is 10.6 Å². The molecular formula is C19H21NO6S. The van der Waals surface area contributed by atoms with Gasteiger partial charge in [-0.05, 0) is 18.2 Å². The standard InChI is InChI=1S/C19H21NO6S/c1-24-12-9-16(25-2)15(17(10-12)26-3)11-20-19(21)14-5-4-6-18-13(14)7-8-27(18,22)23/h4-10,22-23H,11H2,1-3H3,(H,20,21). The number of rotatable bonds is 6. The summed E-state index contributed by atoms with van der Waals surface area (Å²) in [6.45, 7) is 0.165. The molecule has 1 aliphatic heterocycles. The summed E-state index contributed by atoms with van der Waals surface area (Å²) in [6.07, 6.45) is 1.56. The molecule has 3 N–H and O–H groups in total. The molecule has 8 heteroatoms. The monoisotopic (exact) mass is 391 g/mol. The highest BCUT2D eigenvalue weighted by Gasteiger charge is 2.26. The van der Waals surface area contributed by atoms with Crippen LogP contribution in [-0.2, 0) is 6.54 Å². The number of carbonyl (C=O) groups excluding carboxylic acids is 1. The Morgan fingerprint density at radius 1 is 1.07 bits per heavy atom. The molecule has 0 radical (unpaired) electrons. The van der Waals surface area contributed by atoms with Gasteiger partial charge < -0.3 is 19.5 Å². The predicted octanol–water partition coefficient (Wildman–Crippen LogP) is 3.74. The van der Waals surface area contributed by atoms with Crippen LogP contribution >= 0.6 is 10.6 Å². The van der Waals surface area contributed by atoms with Gasteiger partial charge in [0, 0.05) is 28.7 Å². The van der Waals surface area contributed by atoms with Crippen LogP contribution in [0.4, 0.5) is 0 Å². The summed E-state index contributed by atoms with van der Waals surface area (Å²) in [5.41, 5.74) is 1.55. The molecule has 2 aromatic rings. The molecule has 0 fully saturated rings. The van der Waals surface area contributed by atoms with Gasteiger partial charge in [-0.3, -0.25) is 13.9 Å². The van der Waals surface area contributed by atoms with Crippen molar-refractivity contribution in [1.82, 2.24) is 5.32 Å². The van der Waals surface area contributed by atoms with Gasteiger partial charge in [0.1, 0.15) is 17.2 Å². The summed E-state index contributed by atoms with van der Waals surface area (Å²) < 4.78 is 36.0. The van der Waals surface area contributed by atoms with Crippen LogP contribution in [0.25, 0.3) is 6.08 Å². The molecule has 0 aromatic heterocycles. The minimum absolute atomic E-state index is 0.165. The lowest BCUT2D eigenvalue weighted by molar-refractivity contribution is 0.0950. The molecule has 0 atom stereocenters. The second kappa shape index (κ2) is 7.51. The molecule has 2 aromatic carbocycles. The highest BCUT2D eigenvalue weighted by molar-refractivity contribution is 8.27. The Hall–Kier alpha value is -2.68. The van der Waals surface area contributed by atoms with E-state index in [1.165, 1.54) is 19.6 Å². The van der Waals surface area contributed by atoms with Crippen molar-refractivity contribution in [2.75, 3.05) is 21.3 Å². The maximum atomic E-state index is 12.7. The fourth-order valence-corrected chi connectivity index (χ4v) is 4.18. The first-order valence-electron chi connectivity index (χ1n) is 8.07. The van der Waals surface area contributed by atoms with Crippen molar-refractivity contribution < 1.29 is 28.1 Å². The quantitative estimate of drug-likeness (QED) is 0.694. The molecule has 1 amide bonds. The molecule has 0 aliphatic carbocycles. The van der Waals surface area contributed by atoms with Gasteiger partial charge in [-0.25, -0.2) is 0 Å². The Labute approximate surface area is 158 Å². The fourth-order valence-electron chi connectivity index (χ4n) is 2.93. The van der Waals surface area contributed by atoms with E-state index in [0.717, 1.165) is 0 Å². The van der Waals surface area contributed by atoms with E-state index in [0.29, 0.717) is 38.8 Å². The van der Waals surface area contributed by atoms with Gasteiger partial charge in [-0.2, -0.15) is 0 Å². The van der Waals surface area contributed by atoms with Crippen molar-refractivity contribution in [1.29, 1.82) is 0 Å². The Balaban J connectivity index is 1.86. The molecule has 3 rings (SSSR count). The number of nitrogens with one attached hydrogen (secondary N) is 1. The third-order valence-corrected chi connectivity index (χ3v) is 5.82. The molecule has 0 spiro atoms. The summed E-state index contributed by atoms with van der Waals surface area (Å²) >= 11 is 0. The molecule has 1 aliphatic rings. The molecule has 1 heterocycles. The van der Waals surface area contributed by atoms with Gasteiger partial charge in [0.05, 0.1) is 38.3 Å². The van der Waals surface area contributed by atoms with Crippen LogP contribution < -0.4 is 19.5 Å². The van der Waals surface area contributed by atoms with E-state index in [1.807, 2.05) is 0 Å². The molecule has 0 saturated carbocycles.